The molecule has 0 heterocycles. The van der Waals surface area contributed by atoms with Crippen LogP contribution in [0.2, 0.25) is 5.02 Å². The highest BCUT2D eigenvalue weighted by Gasteiger charge is 2.01. The van der Waals surface area contributed by atoms with E-state index in [0.29, 0.717) is 5.02 Å². The van der Waals surface area contributed by atoms with Crippen molar-refractivity contribution in [1.29, 1.82) is 0 Å². The van der Waals surface area contributed by atoms with Crippen LogP contribution in [-0.2, 0) is 0 Å². The fourth-order valence-electron chi connectivity index (χ4n) is 1.61. The SMILES string of the molecule is CCNCCCCCOc1cc(C)ccc1Cl. The first-order chi connectivity index (χ1) is 8.24. The lowest BCUT2D eigenvalue weighted by molar-refractivity contribution is 0.305. The lowest BCUT2D eigenvalue weighted by Gasteiger charge is -2.08. The Bertz CT molecular complexity index is 328. The monoisotopic (exact) mass is 255 g/mol. The van der Waals surface area contributed by atoms with Gasteiger partial charge in [0.2, 0.25) is 0 Å². The summed E-state index contributed by atoms with van der Waals surface area (Å²) >= 11 is 6.04. The maximum Gasteiger partial charge on any atom is 0.138 e. The normalized spacial score (nSPS) is 10.5. The number of unbranched alkanes of at least 4 members (excludes halogenated alkanes) is 2. The van der Waals surface area contributed by atoms with Gasteiger partial charge in [-0.15, -0.1) is 0 Å². The van der Waals surface area contributed by atoms with Crippen molar-refractivity contribution >= 4 is 11.6 Å². The van der Waals surface area contributed by atoms with E-state index in [1.54, 1.807) is 0 Å². The van der Waals surface area contributed by atoms with Crippen LogP contribution < -0.4 is 10.1 Å². The Labute approximate surface area is 109 Å². The second-order valence-electron chi connectivity index (χ2n) is 4.20. The molecule has 0 saturated carbocycles. The van der Waals surface area contributed by atoms with Crippen LogP contribution in [0.3, 0.4) is 0 Å². The molecule has 1 N–H and O–H groups in total. The van der Waals surface area contributed by atoms with E-state index in [2.05, 4.69) is 12.2 Å². The molecule has 1 aromatic rings. The molecule has 0 spiro atoms. The summed E-state index contributed by atoms with van der Waals surface area (Å²) in [5, 5.41) is 4.01. The Morgan fingerprint density at radius 3 is 2.82 bits per heavy atom. The summed E-state index contributed by atoms with van der Waals surface area (Å²) < 4.78 is 5.67. The van der Waals surface area contributed by atoms with Crippen molar-refractivity contribution in [2.24, 2.45) is 0 Å². The average Bonchev–Trinajstić information content (AvgIpc) is 2.32. The molecule has 0 saturated heterocycles. The summed E-state index contributed by atoms with van der Waals surface area (Å²) in [4.78, 5) is 0. The van der Waals surface area contributed by atoms with E-state index >= 15 is 0 Å². The summed E-state index contributed by atoms with van der Waals surface area (Å²) in [7, 11) is 0. The minimum absolute atomic E-state index is 0.697. The summed E-state index contributed by atoms with van der Waals surface area (Å²) in [6.45, 7) is 7.06. The predicted octanol–water partition coefficient (Wildman–Crippen LogP) is 3.81. The van der Waals surface area contributed by atoms with E-state index < -0.39 is 0 Å². The number of rotatable bonds is 8. The second kappa shape index (κ2) is 8.37. The highest BCUT2D eigenvalue weighted by molar-refractivity contribution is 6.32. The van der Waals surface area contributed by atoms with Crippen molar-refractivity contribution < 1.29 is 4.74 Å². The van der Waals surface area contributed by atoms with Crippen molar-refractivity contribution in [1.82, 2.24) is 5.32 Å². The molecule has 96 valence electrons. The predicted molar refractivity (Wildman–Crippen MR) is 74.1 cm³/mol. The van der Waals surface area contributed by atoms with Gasteiger partial charge < -0.3 is 10.1 Å². The Morgan fingerprint density at radius 2 is 2.06 bits per heavy atom. The topological polar surface area (TPSA) is 21.3 Å². The van der Waals surface area contributed by atoms with Gasteiger partial charge in [-0.2, -0.15) is 0 Å². The molecule has 0 aliphatic carbocycles. The van der Waals surface area contributed by atoms with Crippen LogP contribution in [0.15, 0.2) is 18.2 Å². The zero-order chi connectivity index (χ0) is 12.5. The Kier molecular flexibility index (Phi) is 7.06. The van der Waals surface area contributed by atoms with Crippen LogP contribution in [0.4, 0.5) is 0 Å². The molecule has 0 aromatic heterocycles. The number of halogens is 1. The molecule has 0 bridgehead atoms. The van der Waals surface area contributed by atoms with Crippen molar-refractivity contribution in [2.45, 2.75) is 33.1 Å². The Hall–Kier alpha value is -0.730. The van der Waals surface area contributed by atoms with Crippen LogP contribution in [-0.4, -0.2) is 19.7 Å². The molecule has 0 aliphatic rings. The third-order valence-electron chi connectivity index (χ3n) is 2.59. The first kappa shape index (κ1) is 14.3. The molecule has 0 unspecified atom stereocenters. The zero-order valence-electron chi connectivity index (χ0n) is 10.8. The molecule has 0 fully saturated rings. The molecule has 17 heavy (non-hydrogen) atoms. The van der Waals surface area contributed by atoms with Crippen LogP contribution in [0.5, 0.6) is 5.75 Å². The maximum absolute atomic E-state index is 6.04. The first-order valence-corrected chi connectivity index (χ1v) is 6.71. The maximum atomic E-state index is 6.04. The van der Waals surface area contributed by atoms with Crippen molar-refractivity contribution in [2.75, 3.05) is 19.7 Å². The minimum Gasteiger partial charge on any atom is -0.492 e. The Morgan fingerprint density at radius 1 is 1.24 bits per heavy atom. The van der Waals surface area contributed by atoms with E-state index in [9.17, 15) is 0 Å². The molecule has 0 radical (unpaired) electrons. The van der Waals surface area contributed by atoms with Crippen molar-refractivity contribution in [3.8, 4) is 5.75 Å². The summed E-state index contributed by atoms with van der Waals surface area (Å²) in [5.41, 5.74) is 1.18. The number of hydrogen-bond acceptors (Lipinski definition) is 2. The third kappa shape index (κ3) is 5.94. The number of aryl methyl sites for hydroxylation is 1. The van der Waals surface area contributed by atoms with Crippen molar-refractivity contribution in [3.05, 3.63) is 28.8 Å². The summed E-state index contributed by atoms with van der Waals surface area (Å²) in [5.74, 6) is 0.804. The number of benzene rings is 1. The van der Waals surface area contributed by atoms with Gasteiger partial charge in [-0.1, -0.05) is 24.6 Å². The van der Waals surface area contributed by atoms with Gasteiger partial charge in [-0.05, 0) is 57.0 Å². The molecule has 1 aromatic carbocycles. The first-order valence-electron chi connectivity index (χ1n) is 6.33. The van der Waals surface area contributed by atoms with E-state index in [-0.39, 0.29) is 0 Å². The quantitative estimate of drug-likeness (QED) is 0.714. The van der Waals surface area contributed by atoms with E-state index in [4.69, 9.17) is 16.3 Å². The fraction of sp³-hybridized carbons (Fsp3) is 0.571. The molecule has 2 nitrogen and oxygen atoms in total. The lowest BCUT2D eigenvalue weighted by Crippen LogP contribution is -2.14. The molecule has 3 heteroatoms. The van der Waals surface area contributed by atoms with Gasteiger partial charge in [0.1, 0.15) is 5.75 Å². The lowest BCUT2D eigenvalue weighted by atomic mass is 10.2. The highest BCUT2D eigenvalue weighted by atomic mass is 35.5. The fourth-order valence-corrected chi connectivity index (χ4v) is 1.78. The average molecular weight is 256 g/mol. The van der Waals surface area contributed by atoms with Crippen LogP contribution in [0.1, 0.15) is 31.7 Å². The zero-order valence-corrected chi connectivity index (χ0v) is 11.5. The number of ether oxygens (including phenoxy) is 1. The van der Waals surface area contributed by atoms with Gasteiger partial charge in [-0.3, -0.25) is 0 Å². The summed E-state index contributed by atoms with van der Waals surface area (Å²) in [6, 6.07) is 5.87. The van der Waals surface area contributed by atoms with E-state index in [1.165, 1.54) is 18.4 Å². The second-order valence-corrected chi connectivity index (χ2v) is 4.60. The summed E-state index contributed by atoms with van der Waals surface area (Å²) in [6.07, 6.45) is 3.48. The minimum atomic E-state index is 0.697. The molecular weight excluding hydrogens is 234 g/mol. The number of hydrogen-bond donors (Lipinski definition) is 1. The van der Waals surface area contributed by atoms with E-state index in [0.717, 1.165) is 31.9 Å². The standard InChI is InChI=1S/C14H22ClNO/c1-3-16-9-5-4-6-10-17-14-11-12(2)7-8-13(14)15/h7-8,11,16H,3-6,9-10H2,1-2H3. The van der Waals surface area contributed by atoms with Gasteiger partial charge in [0.05, 0.1) is 11.6 Å². The molecule has 0 amide bonds. The van der Waals surface area contributed by atoms with Crippen LogP contribution >= 0.6 is 11.6 Å². The van der Waals surface area contributed by atoms with E-state index in [1.807, 2.05) is 25.1 Å². The molecular formula is C14H22ClNO. The van der Waals surface area contributed by atoms with Gasteiger partial charge in [0.25, 0.3) is 0 Å². The van der Waals surface area contributed by atoms with Crippen LogP contribution in [0, 0.1) is 6.92 Å². The van der Waals surface area contributed by atoms with Gasteiger partial charge in [0.15, 0.2) is 0 Å². The van der Waals surface area contributed by atoms with Gasteiger partial charge in [0, 0.05) is 0 Å². The van der Waals surface area contributed by atoms with Gasteiger partial charge >= 0.3 is 0 Å². The highest BCUT2D eigenvalue weighted by Crippen LogP contribution is 2.25. The molecule has 0 atom stereocenters. The Balaban J connectivity index is 2.15. The number of nitrogens with one attached hydrogen (secondary N) is 1. The smallest absolute Gasteiger partial charge is 0.138 e. The van der Waals surface area contributed by atoms with Crippen LogP contribution in [0.25, 0.3) is 0 Å². The van der Waals surface area contributed by atoms with Gasteiger partial charge in [-0.25, -0.2) is 0 Å². The molecule has 0 aliphatic heterocycles. The van der Waals surface area contributed by atoms with Crippen molar-refractivity contribution in [3.63, 3.8) is 0 Å². The third-order valence-corrected chi connectivity index (χ3v) is 2.90. The molecule has 1 rings (SSSR count). The largest absolute Gasteiger partial charge is 0.492 e.